The molecule has 0 atom stereocenters. The van der Waals surface area contributed by atoms with Crippen LogP contribution in [0.3, 0.4) is 0 Å². The molecule has 1 aromatic carbocycles. The summed E-state index contributed by atoms with van der Waals surface area (Å²) < 4.78 is 1.77. The Kier molecular flexibility index (Phi) is 8.11. The average Bonchev–Trinajstić information content (AvgIpc) is 2.58. The largest absolute Gasteiger partial charge is 1.00 e. The van der Waals surface area contributed by atoms with Crippen LogP contribution in [-0.2, 0) is 11.3 Å². The van der Waals surface area contributed by atoms with Crippen molar-refractivity contribution in [1.29, 1.82) is 0 Å². The van der Waals surface area contributed by atoms with Crippen molar-refractivity contribution in [3.8, 4) is 0 Å². The molecule has 0 saturated heterocycles. The number of halogens is 1. The number of pyridine rings is 1. The summed E-state index contributed by atoms with van der Waals surface area (Å²) in [4.78, 5) is 22.2. The molecule has 1 aromatic heterocycles. The Morgan fingerprint density at radius 2 is 2.12 bits per heavy atom. The number of carbonyl (C=O) groups is 1. The van der Waals surface area contributed by atoms with Gasteiger partial charge in [0.15, 0.2) is 12.4 Å². The maximum Gasteiger partial charge on any atom is 0.305 e. The summed E-state index contributed by atoms with van der Waals surface area (Å²) in [6, 6.07) is 10.1. The fraction of sp³-hybridized carbons (Fsp3) is 0.167. The van der Waals surface area contributed by atoms with E-state index >= 15 is 0 Å². The van der Waals surface area contributed by atoms with E-state index in [0.29, 0.717) is 11.3 Å². The van der Waals surface area contributed by atoms with E-state index in [4.69, 9.17) is 0 Å². The second-order valence-electron chi connectivity index (χ2n) is 5.53. The van der Waals surface area contributed by atoms with Gasteiger partial charge < -0.3 is 12.4 Å². The first-order chi connectivity index (χ1) is 11.9. The van der Waals surface area contributed by atoms with Gasteiger partial charge >= 0.3 is 5.91 Å². The molecule has 136 valence electrons. The molecule has 0 aliphatic heterocycles. The average molecular weight is 375 g/mol. The number of aryl methyl sites for hydroxylation is 1. The highest BCUT2D eigenvalue weighted by atomic mass is 35.5. The van der Waals surface area contributed by atoms with Crippen LogP contribution in [0.25, 0.3) is 6.08 Å². The molecule has 0 fully saturated rings. The monoisotopic (exact) mass is 374 g/mol. The lowest BCUT2D eigenvalue weighted by Gasteiger charge is -1.99. The number of allylic oxidation sites excluding steroid dienone is 1. The van der Waals surface area contributed by atoms with Gasteiger partial charge in [-0.2, -0.15) is 9.67 Å². The molecule has 8 heteroatoms. The van der Waals surface area contributed by atoms with Crippen LogP contribution < -0.4 is 22.4 Å². The summed E-state index contributed by atoms with van der Waals surface area (Å²) in [7, 11) is 0. The van der Waals surface area contributed by atoms with Gasteiger partial charge in [0.2, 0.25) is 6.54 Å². The van der Waals surface area contributed by atoms with E-state index in [-0.39, 0.29) is 30.5 Å². The van der Waals surface area contributed by atoms with E-state index in [2.05, 4.69) is 10.5 Å². The number of benzene rings is 1. The van der Waals surface area contributed by atoms with E-state index in [1.807, 2.05) is 31.5 Å². The maximum absolute atomic E-state index is 11.9. The van der Waals surface area contributed by atoms with E-state index in [1.54, 1.807) is 35.8 Å². The van der Waals surface area contributed by atoms with Crippen LogP contribution >= 0.6 is 0 Å². The van der Waals surface area contributed by atoms with Crippen molar-refractivity contribution in [2.45, 2.75) is 20.4 Å². The summed E-state index contributed by atoms with van der Waals surface area (Å²) in [6.07, 6.45) is 7.07. The van der Waals surface area contributed by atoms with Crippen LogP contribution in [0.4, 0.5) is 5.69 Å². The highest BCUT2D eigenvalue weighted by molar-refractivity contribution is 5.96. The summed E-state index contributed by atoms with van der Waals surface area (Å²) in [6.45, 7) is 3.86. The number of hydrogen-bond donors (Lipinski definition) is 1. The summed E-state index contributed by atoms with van der Waals surface area (Å²) in [5, 5.41) is 14.7. The van der Waals surface area contributed by atoms with Crippen molar-refractivity contribution in [1.82, 2.24) is 5.43 Å². The van der Waals surface area contributed by atoms with Gasteiger partial charge in [0.05, 0.1) is 10.6 Å². The molecule has 0 aliphatic rings. The molecule has 0 bridgehead atoms. The summed E-state index contributed by atoms with van der Waals surface area (Å²) in [5.74, 6) is -0.237. The molecule has 0 aliphatic carbocycles. The van der Waals surface area contributed by atoms with Crippen molar-refractivity contribution < 1.29 is 26.7 Å². The van der Waals surface area contributed by atoms with Crippen LogP contribution in [0.15, 0.2) is 60.0 Å². The predicted octanol–water partition coefficient (Wildman–Crippen LogP) is -0.600. The number of amides is 1. The number of aromatic nitrogens is 1. The minimum atomic E-state index is -0.443. The van der Waals surface area contributed by atoms with Crippen molar-refractivity contribution >= 4 is 23.4 Å². The van der Waals surface area contributed by atoms with Crippen molar-refractivity contribution in [3.05, 3.63) is 76.1 Å². The highest BCUT2D eigenvalue weighted by Gasteiger charge is 2.08. The van der Waals surface area contributed by atoms with Gasteiger partial charge in [-0.05, 0) is 31.6 Å². The van der Waals surface area contributed by atoms with Gasteiger partial charge in [-0.25, -0.2) is 5.43 Å². The fourth-order valence-electron chi connectivity index (χ4n) is 2.10. The van der Waals surface area contributed by atoms with Crippen LogP contribution in [0.2, 0.25) is 0 Å². The zero-order valence-corrected chi connectivity index (χ0v) is 15.2. The van der Waals surface area contributed by atoms with Crippen LogP contribution in [-0.4, -0.2) is 16.5 Å². The Morgan fingerprint density at radius 3 is 2.81 bits per heavy atom. The normalized spacial score (nSPS) is 11.1. The second-order valence-corrected chi connectivity index (χ2v) is 5.53. The maximum atomic E-state index is 11.9. The van der Waals surface area contributed by atoms with Gasteiger partial charge in [0, 0.05) is 23.8 Å². The molecule has 26 heavy (non-hydrogen) atoms. The number of hydrogen-bond acceptors (Lipinski definition) is 4. The lowest BCUT2D eigenvalue weighted by molar-refractivity contribution is -0.684. The molecule has 0 spiro atoms. The Bertz CT molecular complexity index is 850. The molecule has 7 nitrogen and oxygen atoms in total. The smallest absolute Gasteiger partial charge is 0.305 e. The van der Waals surface area contributed by atoms with Crippen LogP contribution in [0.1, 0.15) is 18.1 Å². The molecular weight excluding hydrogens is 356 g/mol. The van der Waals surface area contributed by atoms with Crippen LogP contribution in [0, 0.1) is 17.0 Å². The number of nitrogens with one attached hydrogen (secondary N) is 1. The lowest BCUT2D eigenvalue weighted by atomic mass is 10.2. The molecule has 2 rings (SSSR count). The minimum Gasteiger partial charge on any atom is -1.00 e. The molecule has 1 N–H and O–H groups in total. The SMILES string of the molecule is CC(C=Cc1cccc([N+](=O)[O-])c1)=NNC(=O)C[n+]1cccc(C)c1.[Cl-]. The van der Waals surface area contributed by atoms with Crippen molar-refractivity contribution in [2.24, 2.45) is 5.10 Å². The first-order valence-corrected chi connectivity index (χ1v) is 7.65. The molecule has 1 heterocycles. The first kappa shape index (κ1) is 21.0. The van der Waals surface area contributed by atoms with Gasteiger partial charge in [-0.1, -0.05) is 18.2 Å². The lowest BCUT2D eigenvalue weighted by Crippen LogP contribution is -3.00. The predicted molar refractivity (Wildman–Crippen MR) is 94.8 cm³/mol. The molecule has 0 radical (unpaired) electrons. The van der Waals surface area contributed by atoms with E-state index in [9.17, 15) is 14.9 Å². The molecular formula is C18H19ClN4O3. The molecule has 2 aromatic rings. The quantitative estimate of drug-likeness (QED) is 0.317. The third kappa shape index (κ3) is 6.82. The van der Waals surface area contributed by atoms with E-state index in [0.717, 1.165) is 5.56 Å². The van der Waals surface area contributed by atoms with Crippen LogP contribution in [0.5, 0.6) is 0 Å². The number of rotatable bonds is 6. The van der Waals surface area contributed by atoms with Crippen molar-refractivity contribution in [2.75, 3.05) is 0 Å². The zero-order valence-electron chi connectivity index (χ0n) is 14.4. The Balaban J connectivity index is 0.00000338. The summed E-state index contributed by atoms with van der Waals surface area (Å²) in [5.41, 5.74) is 4.84. The molecule has 0 unspecified atom stereocenters. The Morgan fingerprint density at radius 1 is 1.35 bits per heavy atom. The number of hydrazone groups is 1. The number of nitro groups is 1. The minimum absolute atomic E-state index is 0. The number of non-ortho nitro benzene ring substituents is 1. The number of nitrogens with zero attached hydrogens (tertiary/aromatic N) is 3. The molecule has 0 saturated carbocycles. The van der Waals surface area contributed by atoms with Gasteiger partial charge in [0.1, 0.15) is 0 Å². The van der Waals surface area contributed by atoms with Gasteiger partial charge in [0.25, 0.3) is 5.69 Å². The number of carbonyl (C=O) groups excluding carboxylic acids is 1. The fourth-order valence-corrected chi connectivity index (χ4v) is 2.10. The second kappa shape index (κ2) is 10.0. The van der Waals surface area contributed by atoms with Crippen molar-refractivity contribution in [3.63, 3.8) is 0 Å². The third-order valence-corrected chi connectivity index (χ3v) is 3.29. The van der Waals surface area contributed by atoms with E-state index in [1.165, 1.54) is 12.1 Å². The topological polar surface area (TPSA) is 88.5 Å². The zero-order chi connectivity index (χ0) is 18.2. The summed E-state index contributed by atoms with van der Waals surface area (Å²) >= 11 is 0. The number of nitro benzene ring substituents is 1. The Hall–Kier alpha value is -3.06. The van der Waals surface area contributed by atoms with Gasteiger partial charge in [-0.15, -0.1) is 0 Å². The highest BCUT2D eigenvalue weighted by Crippen LogP contribution is 2.14. The molecule has 1 amide bonds. The first-order valence-electron chi connectivity index (χ1n) is 7.65. The Labute approximate surface area is 157 Å². The standard InChI is InChI=1S/C18H18N4O3.ClH/c1-14-5-4-10-21(12-14)13-18(23)20-19-15(2)8-9-16-6-3-7-17(11-16)22(24)25;/h3-12H,13H2,1-2H3;1H. The van der Waals surface area contributed by atoms with E-state index < -0.39 is 4.92 Å². The van der Waals surface area contributed by atoms with Gasteiger partial charge in [-0.3, -0.25) is 14.9 Å². The third-order valence-electron chi connectivity index (χ3n) is 3.29.